The number of amides is 1. The SMILES string of the molecule is Cc1cc(C(=O)NC(C)(CO)C2CC2)ccc1Cl. The fourth-order valence-corrected chi connectivity index (χ4v) is 2.23. The van der Waals surface area contributed by atoms with E-state index < -0.39 is 5.54 Å². The van der Waals surface area contributed by atoms with Crippen LogP contribution in [0.25, 0.3) is 0 Å². The van der Waals surface area contributed by atoms with E-state index in [0.717, 1.165) is 18.4 Å². The van der Waals surface area contributed by atoms with Gasteiger partial charge in [-0.15, -0.1) is 0 Å². The van der Waals surface area contributed by atoms with Crippen LogP contribution < -0.4 is 5.32 Å². The molecule has 0 aromatic heterocycles. The highest BCUT2D eigenvalue weighted by molar-refractivity contribution is 6.31. The first-order valence-electron chi connectivity index (χ1n) is 6.16. The molecule has 1 amide bonds. The van der Waals surface area contributed by atoms with Crippen molar-refractivity contribution < 1.29 is 9.90 Å². The molecule has 0 heterocycles. The minimum absolute atomic E-state index is 0.0318. The molecule has 4 heteroatoms. The molecule has 0 bridgehead atoms. The maximum Gasteiger partial charge on any atom is 0.251 e. The van der Waals surface area contributed by atoms with Crippen molar-refractivity contribution in [2.75, 3.05) is 6.61 Å². The lowest BCUT2D eigenvalue weighted by Gasteiger charge is -2.28. The summed E-state index contributed by atoms with van der Waals surface area (Å²) in [4.78, 5) is 12.1. The quantitative estimate of drug-likeness (QED) is 0.881. The first kappa shape index (κ1) is 13.4. The number of hydrogen-bond acceptors (Lipinski definition) is 2. The second kappa shape index (κ2) is 4.90. The predicted octanol–water partition coefficient (Wildman–Crippen LogP) is 2.54. The average Bonchev–Trinajstić information content (AvgIpc) is 3.16. The highest BCUT2D eigenvalue weighted by Gasteiger charge is 2.42. The summed E-state index contributed by atoms with van der Waals surface area (Å²) in [6, 6.07) is 5.19. The maximum atomic E-state index is 12.1. The summed E-state index contributed by atoms with van der Waals surface area (Å²) >= 11 is 5.93. The van der Waals surface area contributed by atoms with E-state index >= 15 is 0 Å². The average molecular weight is 268 g/mol. The molecule has 3 nitrogen and oxygen atoms in total. The molecule has 2 rings (SSSR count). The van der Waals surface area contributed by atoms with Crippen LogP contribution in [-0.2, 0) is 0 Å². The molecule has 1 fully saturated rings. The number of nitrogens with one attached hydrogen (secondary N) is 1. The molecule has 18 heavy (non-hydrogen) atoms. The standard InChI is InChI=1S/C14H18ClNO2/c1-9-7-10(3-6-12(9)15)13(18)16-14(2,8-17)11-4-5-11/h3,6-7,11,17H,4-5,8H2,1-2H3,(H,16,18). The minimum atomic E-state index is -0.509. The van der Waals surface area contributed by atoms with Crippen LogP contribution >= 0.6 is 11.6 Å². The Kier molecular flexibility index (Phi) is 3.64. The third-order valence-corrected chi connectivity index (χ3v) is 4.05. The van der Waals surface area contributed by atoms with Gasteiger partial charge < -0.3 is 10.4 Å². The van der Waals surface area contributed by atoms with Crippen molar-refractivity contribution in [3.63, 3.8) is 0 Å². The van der Waals surface area contributed by atoms with E-state index in [9.17, 15) is 9.90 Å². The summed E-state index contributed by atoms with van der Waals surface area (Å²) in [5, 5.41) is 13.0. The number of carbonyl (C=O) groups is 1. The van der Waals surface area contributed by atoms with Crippen molar-refractivity contribution in [2.24, 2.45) is 5.92 Å². The van der Waals surface area contributed by atoms with E-state index in [-0.39, 0.29) is 12.5 Å². The molecule has 0 saturated heterocycles. The minimum Gasteiger partial charge on any atom is -0.394 e. The summed E-state index contributed by atoms with van der Waals surface area (Å²) in [5.74, 6) is 0.234. The van der Waals surface area contributed by atoms with Crippen molar-refractivity contribution in [3.05, 3.63) is 34.3 Å². The number of carbonyl (C=O) groups excluding carboxylic acids is 1. The van der Waals surface area contributed by atoms with E-state index in [1.54, 1.807) is 18.2 Å². The van der Waals surface area contributed by atoms with Gasteiger partial charge in [0.15, 0.2) is 0 Å². The summed E-state index contributed by atoms with van der Waals surface area (Å²) in [6.07, 6.45) is 2.13. The molecule has 2 N–H and O–H groups in total. The number of hydrogen-bond donors (Lipinski definition) is 2. The van der Waals surface area contributed by atoms with E-state index in [2.05, 4.69) is 5.32 Å². The zero-order valence-electron chi connectivity index (χ0n) is 10.7. The molecule has 1 aliphatic carbocycles. The third kappa shape index (κ3) is 2.68. The van der Waals surface area contributed by atoms with Crippen molar-refractivity contribution in [3.8, 4) is 0 Å². The van der Waals surface area contributed by atoms with E-state index in [1.807, 2.05) is 13.8 Å². The number of aliphatic hydroxyl groups excluding tert-OH is 1. The van der Waals surface area contributed by atoms with Crippen molar-refractivity contribution in [1.29, 1.82) is 0 Å². The van der Waals surface area contributed by atoms with Gasteiger partial charge in [-0.2, -0.15) is 0 Å². The zero-order valence-corrected chi connectivity index (χ0v) is 11.4. The molecule has 0 spiro atoms. The second-order valence-corrected chi connectivity index (χ2v) is 5.68. The lowest BCUT2D eigenvalue weighted by Crippen LogP contribution is -2.50. The van der Waals surface area contributed by atoms with E-state index in [4.69, 9.17) is 11.6 Å². The Morgan fingerprint density at radius 1 is 1.56 bits per heavy atom. The highest BCUT2D eigenvalue weighted by Crippen LogP contribution is 2.39. The molecule has 0 aliphatic heterocycles. The zero-order chi connectivity index (χ0) is 13.3. The second-order valence-electron chi connectivity index (χ2n) is 5.27. The Hall–Kier alpha value is -1.06. The van der Waals surface area contributed by atoms with Gasteiger partial charge in [-0.3, -0.25) is 4.79 Å². The molecule has 1 aromatic rings. The smallest absolute Gasteiger partial charge is 0.251 e. The van der Waals surface area contributed by atoms with Gasteiger partial charge in [0.25, 0.3) is 5.91 Å². The first-order chi connectivity index (χ1) is 8.46. The predicted molar refractivity (Wildman–Crippen MR) is 71.9 cm³/mol. The Morgan fingerprint density at radius 2 is 2.22 bits per heavy atom. The molecule has 1 aliphatic rings. The van der Waals surface area contributed by atoms with Crippen LogP contribution in [0.2, 0.25) is 5.02 Å². The van der Waals surface area contributed by atoms with Gasteiger partial charge in [-0.25, -0.2) is 0 Å². The first-order valence-corrected chi connectivity index (χ1v) is 6.53. The molecule has 1 aromatic carbocycles. The topological polar surface area (TPSA) is 49.3 Å². The summed E-state index contributed by atoms with van der Waals surface area (Å²) in [5.41, 5.74) is 0.948. The van der Waals surface area contributed by atoms with Crippen LogP contribution in [0, 0.1) is 12.8 Å². The van der Waals surface area contributed by atoms with Gasteiger partial charge in [0.1, 0.15) is 0 Å². The Labute approximate surface area is 112 Å². The van der Waals surface area contributed by atoms with Gasteiger partial charge in [0.05, 0.1) is 12.1 Å². The van der Waals surface area contributed by atoms with Crippen LogP contribution in [0.1, 0.15) is 35.7 Å². The van der Waals surface area contributed by atoms with Gasteiger partial charge in [0.2, 0.25) is 0 Å². The monoisotopic (exact) mass is 267 g/mol. The fourth-order valence-electron chi connectivity index (χ4n) is 2.11. The van der Waals surface area contributed by atoms with Gasteiger partial charge in [0, 0.05) is 10.6 Å². The van der Waals surface area contributed by atoms with Crippen LogP contribution in [0.4, 0.5) is 0 Å². The molecule has 1 unspecified atom stereocenters. The summed E-state index contributed by atoms with van der Waals surface area (Å²) in [6.45, 7) is 3.73. The molecule has 1 atom stereocenters. The third-order valence-electron chi connectivity index (χ3n) is 3.63. The van der Waals surface area contributed by atoms with Crippen LogP contribution in [-0.4, -0.2) is 23.2 Å². The number of benzene rings is 1. The van der Waals surface area contributed by atoms with Crippen LogP contribution in [0.5, 0.6) is 0 Å². The Balaban J connectivity index is 2.13. The fraction of sp³-hybridized carbons (Fsp3) is 0.500. The normalized spacial score (nSPS) is 18.2. The largest absolute Gasteiger partial charge is 0.394 e. The number of halogens is 1. The molecular formula is C14H18ClNO2. The molecule has 0 radical (unpaired) electrons. The van der Waals surface area contributed by atoms with Crippen LogP contribution in [0.15, 0.2) is 18.2 Å². The number of rotatable bonds is 4. The summed E-state index contributed by atoms with van der Waals surface area (Å²) < 4.78 is 0. The van der Waals surface area contributed by atoms with E-state index in [0.29, 0.717) is 16.5 Å². The lowest BCUT2D eigenvalue weighted by molar-refractivity contribution is 0.0824. The maximum absolute atomic E-state index is 12.1. The molecule has 98 valence electrons. The van der Waals surface area contributed by atoms with E-state index in [1.165, 1.54) is 0 Å². The van der Waals surface area contributed by atoms with Gasteiger partial charge in [-0.1, -0.05) is 11.6 Å². The van der Waals surface area contributed by atoms with Crippen LogP contribution in [0.3, 0.4) is 0 Å². The van der Waals surface area contributed by atoms with Crippen molar-refractivity contribution >= 4 is 17.5 Å². The van der Waals surface area contributed by atoms with Crippen molar-refractivity contribution in [1.82, 2.24) is 5.32 Å². The number of aryl methyl sites for hydroxylation is 1. The summed E-state index contributed by atoms with van der Waals surface area (Å²) in [7, 11) is 0. The molecule has 1 saturated carbocycles. The van der Waals surface area contributed by atoms with Gasteiger partial charge >= 0.3 is 0 Å². The Morgan fingerprint density at radius 3 is 2.72 bits per heavy atom. The molecular weight excluding hydrogens is 250 g/mol. The Bertz CT molecular complexity index is 471. The van der Waals surface area contributed by atoms with Gasteiger partial charge in [-0.05, 0) is 56.4 Å². The van der Waals surface area contributed by atoms with Crippen molar-refractivity contribution in [2.45, 2.75) is 32.2 Å². The highest BCUT2D eigenvalue weighted by atomic mass is 35.5. The number of aliphatic hydroxyl groups is 1. The lowest BCUT2D eigenvalue weighted by atomic mass is 9.96.